The number of ether oxygens (including phenoxy) is 1. The van der Waals surface area contributed by atoms with Gasteiger partial charge in [-0.3, -0.25) is 9.78 Å². The van der Waals surface area contributed by atoms with Crippen molar-refractivity contribution in [2.24, 2.45) is 0 Å². The number of amides is 1. The van der Waals surface area contributed by atoms with E-state index in [1.54, 1.807) is 25.6 Å². The van der Waals surface area contributed by atoms with Gasteiger partial charge in [-0.25, -0.2) is 9.97 Å². The highest BCUT2D eigenvalue weighted by molar-refractivity contribution is 5.92. The molecule has 0 radical (unpaired) electrons. The van der Waals surface area contributed by atoms with E-state index in [-0.39, 0.29) is 11.6 Å². The van der Waals surface area contributed by atoms with E-state index < -0.39 is 0 Å². The zero-order valence-electron chi connectivity index (χ0n) is 13.6. The second-order valence-corrected chi connectivity index (χ2v) is 5.16. The molecule has 3 aromatic rings. The van der Waals surface area contributed by atoms with Crippen molar-refractivity contribution in [3.63, 3.8) is 0 Å². The number of rotatable bonds is 6. The number of benzene rings is 1. The second-order valence-electron chi connectivity index (χ2n) is 5.16. The van der Waals surface area contributed by atoms with E-state index in [1.807, 2.05) is 36.4 Å². The lowest BCUT2D eigenvalue weighted by molar-refractivity contribution is 0.0946. The molecule has 1 aromatic carbocycles. The fourth-order valence-corrected chi connectivity index (χ4v) is 2.12. The first kappa shape index (κ1) is 16.4. The van der Waals surface area contributed by atoms with Crippen molar-refractivity contribution in [1.82, 2.24) is 20.3 Å². The zero-order valence-corrected chi connectivity index (χ0v) is 13.6. The maximum atomic E-state index is 12.2. The molecular formula is C18H17N5O2. The van der Waals surface area contributed by atoms with Gasteiger partial charge in [0.05, 0.1) is 7.11 Å². The quantitative estimate of drug-likeness (QED) is 0.720. The normalized spacial score (nSPS) is 10.1. The third-order valence-corrected chi connectivity index (χ3v) is 3.41. The van der Waals surface area contributed by atoms with Gasteiger partial charge in [-0.15, -0.1) is 0 Å². The van der Waals surface area contributed by atoms with E-state index in [1.165, 1.54) is 6.20 Å². The summed E-state index contributed by atoms with van der Waals surface area (Å²) in [6.07, 6.45) is 4.93. The summed E-state index contributed by atoms with van der Waals surface area (Å²) < 4.78 is 5.12. The van der Waals surface area contributed by atoms with Gasteiger partial charge in [-0.2, -0.15) is 0 Å². The molecule has 2 N–H and O–H groups in total. The highest BCUT2D eigenvalue weighted by Gasteiger charge is 2.09. The van der Waals surface area contributed by atoms with Crippen LogP contribution >= 0.6 is 0 Å². The molecule has 0 aliphatic heterocycles. The van der Waals surface area contributed by atoms with E-state index in [9.17, 15) is 4.79 Å². The van der Waals surface area contributed by atoms with Gasteiger partial charge in [0, 0.05) is 30.8 Å². The first-order chi connectivity index (χ1) is 12.2. The number of hydrogen-bond donors (Lipinski definition) is 2. The van der Waals surface area contributed by atoms with Gasteiger partial charge in [-0.05, 0) is 42.0 Å². The molecule has 7 heteroatoms. The number of carbonyl (C=O) groups is 1. The van der Waals surface area contributed by atoms with Crippen molar-refractivity contribution in [1.29, 1.82) is 0 Å². The van der Waals surface area contributed by atoms with E-state index >= 15 is 0 Å². The van der Waals surface area contributed by atoms with Gasteiger partial charge in [0.1, 0.15) is 11.4 Å². The summed E-state index contributed by atoms with van der Waals surface area (Å²) in [5, 5.41) is 5.86. The van der Waals surface area contributed by atoms with Gasteiger partial charge < -0.3 is 15.4 Å². The first-order valence-electron chi connectivity index (χ1n) is 7.66. The minimum atomic E-state index is -0.274. The molecule has 1 amide bonds. The molecular weight excluding hydrogens is 318 g/mol. The van der Waals surface area contributed by atoms with Gasteiger partial charge in [0.15, 0.2) is 0 Å². The Morgan fingerprint density at radius 3 is 2.68 bits per heavy atom. The summed E-state index contributed by atoms with van der Waals surface area (Å²) in [7, 11) is 1.61. The van der Waals surface area contributed by atoms with Gasteiger partial charge >= 0.3 is 0 Å². The number of nitrogens with one attached hydrogen (secondary N) is 2. The average molecular weight is 335 g/mol. The van der Waals surface area contributed by atoms with Crippen LogP contribution in [0.1, 0.15) is 16.1 Å². The number of hydrogen-bond acceptors (Lipinski definition) is 6. The third-order valence-electron chi connectivity index (χ3n) is 3.41. The molecule has 3 rings (SSSR count). The predicted octanol–water partition coefficient (Wildman–Crippen LogP) is 2.55. The Kier molecular flexibility index (Phi) is 5.16. The largest absolute Gasteiger partial charge is 0.497 e. The van der Waals surface area contributed by atoms with Gasteiger partial charge in [-0.1, -0.05) is 6.07 Å². The summed E-state index contributed by atoms with van der Waals surface area (Å²) in [5.74, 6) is 0.832. The maximum Gasteiger partial charge on any atom is 0.270 e. The third kappa shape index (κ3) is 4.51. The number of nitrogens with zero attached hydrogens (tertiary/aromatic N) is 3. The van der Waals surface area contributed by atoms with Crippen molar-refractivity contribution < 1.29 is 9.53 Å². The molecule has 0 aliphatic carbocycles. The Hall–Kier alpha value is -3.48. The predicted molar refractivity (Wildman–Crippen MR) is 93.7 cm³/mol. The van der Waals surface area contributed by atoms with Crippen molar-refractivity contribution in [2.45, 2.75) is 6.54 Å². The molecule has 0 saturated heterocycles. The summed E-state index contributed by atoms with van der Waals surface area (Å²) in [6.45, 7) is 0.387. The molecule has 25 heavy (non-hydrogen) atoms. The highest BCUT2D eigenvalue weighted by atomic mass is 16.5. The van der Waals surface area contributed by atoms with Gasteiger partial charge in [0.2, 0.25) is 5.95 Å². The van der Waals surface area contributed by atoms with Crippen LogP contribution in [0, 0.1) is 0 Å². The molecule has 0 unspecified atom stereocenters. The standard InChI is InChI=1S/C18H17N5O2/c1-25-15-6-4-14(5-7-15)22-18-20-10-8-16(23-18)17(24)21-12-13-3-2-9-19-11-13/h2-11H,12H2,1H3,(H,21,24)(H,20,22,23). The Balaban J connectivity index is 1.64. The fourth-order valence-electron chi connectivity index (χ4n) is 2.12. The Labute approximate surface area is 145 Å². The SMILES string of the molecule is COc1ccc(Nc2nccc(C(=O)NCc3cccnc3)n2)cc1. The monoisotopic (exact) mass is 335 g/mol. The molecule has 0 fully saturated rings. The molecule has 126 valence electrons. The zero-order chi connectivity index (χ0) is 17.5. The highest BCUT2D eigenvalue weighted by Crippen LogP contribution is 2.17. The van der Waals surface area contributed by atoms with Crippen molar-refractivity contribution in [3.05, 3.63) is 72.3 Å². The van der Waals surface area contributed by atoms with Crippen LogP contribution in [0.15, 0.2) is 61.1 Å². The van der Waals surface area contributed by atoms with Crippen LogP contribution in [0.3, 0.4) is 0 Å². The van der Waals surface area contributed by atoms with Crippen LogP contribution < -0.4 is 15.4 Å². The molecule has 0 bridgehead atoms. The lowest BCUT2D eigenvalue weighted by Crippen LogP contribution is -2.24. The molecule has 0 saturated carbocycles. The Morgan fingerprint density at radius 2 is 1.96 bits per heavy atom. The molecule has 0 atom stereocenters. The summed E-state index contributed by atoms with van der Waals surface area (Å²) in [5.41, 5.74) is 2.00. The van der Waals surface area contributed by atoms with E-state index in [0.29, 0.717) is 12.5 Å². The fraction of sp³-hybridized carbons (Fsp3) is 0.111. The molecule has 2 aromatic heterocycles. The van der Waals surface area contributed by atoms with Crippen LogP contribution in [-0.4, -0.2) is 28.0 Å². The maximum absolute atomic E-state index is 12.2. The molecule has 0 aliphatic rings. The minimum absolute atomic E-state index is 0.274. The van der Waals surface area contributed by atoms with Crippen LogP contribution in [0.5, 0.6) is 5.75 Å². The molecule has 0 spiro atoms. The van der Waals surface area contributed by atoms with Crippen LogP contribution in [-0.2, 0) is 6.54 Å². The van der Waals surface area contributed by atoms with Crippen LogP contribution in [0.2, 0.25) is 0 Å². The molecule has 7 nitrogen and oxygen atoms in total. The summed E-state index contributed by atoms with van der Waals surface area (Å²) >= 11 is 0. The minimum Gasteiger partial charge on any atom is -0.497 e. The van der Waals surface area contributed by atoms with Gasteiger partial charge in [0.25, 0.3) is 5.91 Å². The number of aromatic nitrogens is 3. The van der Waals surface area contributed by atoms with Crippen LogP contribution in [0.4, 0.5) is 11.6 Å². The van der Waals surface area contributed by atoms with E-state index in [4.69, 9.17) is 4.74 Å². The van der Waals surface area contributed by atoms with E-state index in [0.717, 1.165) is 17.0 Å². The summed E-state index contributed by atoms with van der Waals surface area (Å²) in [4.78, 5) is 24.6. The van der Waals surface area contributed by atoms with Crippen molar-refractivity contribution in [3.8, 4) is 5.75 Å². The molecule has 2 heterocycles. The first-order valence-corrected chi connectivity index (χ1v) is 7.66. The Morgan fingerprint density at radius 1 is 1.12 bits per heavy atom. The second kappa shape index (κ2) is 7.87. The summed E-state index contributed by atoms with van der Waals surface area (Å²) in [6, 6.07) is 12.6. The van der Waals surface area contributed by atoms with E-state index in [2.05, 4.69) is 25.6 Å². The number of pyridine rings is 1. The lowest BCUT2D eigenvalue weighted by Gasteiger charge is -2.08. The lowest BCUT2D eigenvalue weighted by atomic mass is 10.3. The average Bonchev–Trinajstić information content (AvgIpc) is 2.68. The smallest absolute Gasteiger partial charge is 0.270 e. The number of carbonyl (C=O) groups excluding carboxylic acids is 1. The van der Waals surface area contributed by atoms with Crippen molar-refractivity contribution in [2.75, 3.05) is 12.4 Å². The van der Waals surface area contributed by atoms with Crippen molar-refractivity contribution >= 4 is 17.5 Å². The Bertz CT molecular complexity index is 838. The number of anilines is 2. The topological polar surface area (TPSA) is 89.0 Å². The number of methoxy groups -OCH3 is 1. The van der Waals surface area contributed by atoms with Crippen LogP contribution in [0.25, 0.3) is 0 Å².